The van der Waals surface area contributed by atoms with E-state index in [1.54, 1.807) is 0 Å². The topological polar surface area (TPSA) is 29.5 Å². The monoisotopic (exact) mass is 429 g/mol. The summed E-state index contributed by atoms with van der Waals surface area (Å²) in [4.78, 5) is 15.2. The normalized spacial score (nSPS) is 22.0. The quantitative estimate of drug-likeness (QED) is 0.517. The predicted octanol–water partition coefficient (Wildman–Crippen LogP) is 6.53. The number of nitrogens with zero attached hydrogens (tertiary/aromatic N) is 1. The maximum absolute atomic E-state index is 13.2. The highest BCUT2D eigenvalue weighted by Gasteiger charge is 2.42. The molecule has 0 spiro atoms. The van der Waals surface area contributed by atoms with Crippen LogP contribution in [0.4, 0.5) is 4.79 Å². The molecule has 2 unspecified atom stereocenters. The first kappa shape index (κ1) is 20.3. The maximum atomic E-state index is 13.2. The number of carbonyl (C=O) groups is 1. The van der Waals surface area contributed by atoms with Crippen molar-refractivity contribution in [1.82, 2.24) is 4.90 Å². The first-order valence-corrected chi connectivity index (χ1v) is 14.9. The molecule has 160 valence electrons. The van der Waals surface area contributed by atoms with Crippen molar-refractivity contribution in [2.24, 2.45) is 0 Å². The summed E-state index contributed by atoms with van der Waals surface area (Å²) >= 11 is 0. The Kier molecular flexibility index (Phi) is 4.93. The number of hydrogen-bond acceptors (Lipinski definition) is 2. The first-order valence-electron chi connectivity index (χ1n) is 11.4. The van der Waals surface area contributed by atoms with Gasteiger partial charge in [0.1, 0.15) is 6.61 Å². The average molecular weight is 430 g/mol. The molecule has 3 nitrogen and oxygen atoms in total. The molecule has 2 bridgehead atoms. The molecule has 0 radical (unpaired) electrons. The Morgan fingerprint density at radius 1 is 1.03 bits per heavy atom. The Bertz CT molecular complexity index is 1040. The van der Waals surface area contributed by atoms with Crippen molar-refractivity contribution >= 4 is 14.2 Å². The molecule has 0 saturated carbocycles. The van der Waals surface area contributed by atoms with Crippen LogP contribution in [0.25, 0.3) is 11.1 Å². The Morgan fingerprint density at radius 3 is 2.23 bits per heavy atom. The highest BCUT2D eigenvalue weighted by Crippen LogP contribution is 2.45. The van der Waals surface area contributed by atoms with Gasteiger partial charge in [-0.05, 0) is 47.1 Å². The van der Waals surface area contributed by atoms with Crippen molar-refractivity contribution in [3.63, 3.8) is 0 Å². The van der Waals surface area contributed by atoms with E-state index in [2.05, 4.69) is 80.8 Å². The fraction of sp³-hybridized carbons (Fsp3) is 0.370. The lowest BCUT2D eigenvalue weighted by molar-refractivity contribution is 0.0853. The van der Waals surface area contributed by atoms with E-state index in [1.165, 1.54) is 33.0 Å². The van der Waals surface area contributed by atoms with Crippen LogP contribution in [0.2, 0.25) is 19.6 Å². The molecule has 31 heavy (non-hydrogen) atoms. The lowest BCUT2D eigenvalue weighted by Gasteiger charge is -2.35. The van der Waals surface area contributed by atoms with Crippen LogP contribution in [0.3, 0.4) is 0 Å². The number of allylic oxidation sites excluding steroid dienone is 1. The zero-order valence-electron chi connectivity index (χ0n) is 18.7. The fourth-order valence-corrected chi connectivity index (χ4v) is 6.64. The number of hydrogen-bond donors (Lipinski definition) is 0. The van der Waals surface area contributed by atoms with Gasteiger partial charge in [0.2, 0.25) is 0 Å². The highest BCUT2D eigenvalue weighted by atomic mass is 28.3. The minimum Gasteiger partial charge on any atom is -0.448 e. The zero-order valence-corrected chi connectivity index (χ0v) is 19.7. The van der Waals surface area contributed by atoms with Gasteiger partial charge in [0.15, 0.2) is 0 Å². The standard InChI is InChI=1S/C27H31NO2Si/c1-18(31(2,3)4)19-15-20-13-14-21(16-19)28(20)27(29)30-17-26-24-11-7-5-9-22(24)23-10-6-8-12-25(23)26/h5-12,15,20-21,26H,1,13-14,16-17H2,2-4H3. The Morgan fingerprint density at radius 2 is 1.65 bits per heavy atom. The molecule has 1 aliphatic carbocycles. The van der Waals surface area contributed by atoms with Gasteiger partial charge in [0.25, 0.3) is 0 Å². The molecule has 0 N–H and O–H groups in total. The molecule has 2 aromatic rings. The lowest BCUT2D eigenvalue weighted by Crippen LogP contribution is -2.44. The van der Waals surface area contributed by atoms with Crippen molar-refractivity contribution < 1.29 is 9.53 Å². The molecule has 1 fully saturated rings. The summed E-state index contributed by atoms with van der Waals surface area (Å²) in [6, 6.07) is 17.3. The van der Waals surface area contributed by atoms with E-state index in [-0.39, 0.29) is 24.1 Å². The Labute approximate surface area is 186 Å². The van der Waals surface area contributed by atoms with Gasteiger partial charge >= 0.3 is 6.09 Å². The molecule has 1 saturated heterocycles. The third-order valence-corrected chi connectivity index (χ3v) is 9.37. The van der Waals surface area contributed by atoms with E-state index in [4.69, 9.17) is 4.74 Å². The van der Waals surface area contributed by atoms with Crippen LogP contribution in [0.1, 0.15) is 36.3 Å². The minimum absolute atomic E-state index is 0.108. The molecule has 4 heteroatoms. The van der Waals surface area contributed by atoms with Crippen molar-refractivity contribution in [1.29, 1.82) is 0 Å². The molecule has 2 aliphatic heterocycles. The minimum atomic E-state index is -1.43. The summed E-state index contributed by atoms with van der Waals surface area (Å²) in [7, 11) is -1.43. The number of amides is 1. The molecule has 1 amide bonds. The third-order valence-electron chi connectivity index (χ3n) is 7.24. The molecular weight excluding hydrogens is 398 g/mol. The van der Waals surface area contributed by atoms with Crippen LogP contribution in [0.15, 0.2) is 72.0 Å². The van der Waals surface area contributed by atoms with Crippen molar-refractivity contribution in [2.75, 3.05) is 6.61 Å². The number of rotatable bonds is 4. The van der Waals surface area contributed by atoms with Crippen LogP contribution < -0.4 is 0 Å². The zero-order chi connectivity index (χ0) is 21.8. The van der Waals surface area contributed by atoms with Crippen molar-refractivity contribution in [2.45, 2.75) is 56.9 Å². The number of carbonyl (C=O) groups excluding carboxylic acids is 1. The van der Waals surface area contributed by atoms with Crippen LogP contribution in [0.5, 0.6) is 0 Å². The number of ether oxygens (including phenoxy) is 1. The van der Waals surface area contributed by atoms with Gasteiger partial charge in [0, 0.05) is 12.0 Å². The van der Waals surface area contributed by atoms with Crippen LogP contribution >= 0.6 is 0 Å². The molecule has 2 aromatic carbocycles. The summed E-state index contributed by atoms with van der Waals surface area (Å²) in [5.74, 6) is 0.108. The second-order valence-corrected chi connectivity index (χ2v) is 15.2. The summed E-state index contributed by atoms with van der Waals surface area (Å²) in [6.45, 7) is 11.8. The van der Waals surface area contributed by atoms with Gasteiger partial charge in [-0.1, -0.05) is 86.0 Å². The number of fused-ring (bicyclic) bond motifs is 5. The predicted molar refractivity (Wildman–Crippen MR) is 129 cm³/mol. The van der Waals surface area contributed by atoms with Crippen molar-refractivity contribution in [3.05, 3.63) is 83.1 Å². The van der Waals surface area contributed by atoms with E-state index in [0.717, 1.165) is 19.3 Å². The molecule has 2 heterocycles. The summed E-state index contributed by atoms with van der Waals surface area (Å²) in [5.41, 5.74) is 6.41. The first-order chi connectivity index (χ1) is 14.8. The fourth-order valence-electron chi connectivity index (χ4n) is 5.49. The second kappa shape index (κ2) is 7.52. The largest absolute Gasteiger partial charge is 0.448 e. The van der Waals surface area contributed by atoms with Crippen LogP contribution in [-0.4, -0.2) is 37.8 Å². The number of benzene rings is 2. The molecule has 3 aliphatic rings. The molecule has 5 rings (SSSR count). The summed E-state index contributed by atoms with van der Waals surface area (Å²) in [6.07, 6.45) is 5.13. The van der Waals surface area contributed by atoms with E-state index in [1.807, 2.05) is 4.90 Å². The average Bonchev–Trinajstić information content (AvgIpc) is 3.22. The smallest absolute Gasteiger partial charge is 0.410 e. The van der Waals surface area contributed by atoms with Gasteiger partial charge in [-0.25, -0.2) is 4.79 Å². The van der Waals surface area contributed by atoms with E-state index >= 15 is 0 Å². The van der Waals surface area contributed by atoms with Crippen molar-refractivity contribution in [3.8, 4) is 11.1 Å². The summed E-state index contributed by atoms with van der Waals surface area (Å²) in [5, 5.41) is 1.33. The van der Waals surface area contributed by atoms with Gasteiger partial charge in [-0.3, -0.25) is 4.90 Å². The summed E-state index contributed by atoms with van der Waals surface area (Å²) < 4.78 is 5.97. The van der Waals surface area contributed by atoms with Gasteiger partial charge in [-0.2, -0.15) is 0 Å². The van der Waals surface area contributed by atoms with Gasteiger partial charge in [0.05, 0.1) is 14.1 Å². The molecule has 0 aromatic heterocycles. The van der Waals surface area contributed by atoms with Crippen LogP contribution in [0, 0.1) is 0 Å². The van der Waals surface area contributed by atoms with E-state index < -0.39 is 8.07 Å². The Balaban J connectivity index is 1.32. The molecular formula is C27H31NO2Si. The van der Waals surface area contributed by atoms with Gasteiger partial charge < -0.3 is 4.74 Å². The molecule has 2 atom stereocenters. The SMILES string of the molecule is C=C(C1=CC2CCC(C1)N2C(=O)OCC1c2ccccc2-c2ccccc21)[Si](C)(C)C. The maximum Gasteiger partial charge on any atom is 0.410 e. The lowest BCUT2D eigenvalue weighted by atomic mass is 9.98. The van der Waals surface area contributed by atoms with Crippen LogP contribution in [-0.2, 0) is 4.74 Å². The second-order valence-electron chi connectivity index (χ2n) is 10.1. The van der Waals surface area contributed by atoms with E-state index in [0.29, 0.717) is 6.61 Å². The Hall–Kier alpha value is -2.59. The van der Waals surface area contributed by atoms with Gasteiger partial charge in [-0.15, -0.1) is 0 Å². The van der Waals surface area contributed by atoms with E-state index in [9.17, 15) is 4.79 Å². The third kappa shape index (κ3) is 3.47. The highest BCUT2D eigenvalue weighted by molar-refractivity contribution is 6.83.